The summed E-state index contributed by atoms with van der Waals surface area (Å²) in [6, 6.07) is 4.55. The number of aliphatic hydroxyl groups excluding tert-OH is 1. The first kappa shape index (κ1) is 13.5. The van der Waals surface area contributed by atoms with E-state index in [2.05, 4.69) is 4.98 Å². The predicted molar refractivity (Wildman–Crippen MR) is 69.6 cm³/mol. The molecule has 2 aromatic rings. The molecular weight excluding hydrogens is 247 g/mol. The van der Waals surface area contributed by atoms with Crippen molar-refractivity contribution < 1.29 is 14.2 Å². The van der Waals surface area contributed by atoms with Crippen LogP contribution in [0, 0.1) is 5.82 Å². The summed E-state index contributed by atoms with van der Waals surface area (Å²) in [5.41, 5.74) is 0.780. The van der Waals surface area contributed by atoms with E-state index in [4.69, 9.17) is 4.74 Å². The van der Waals surface area contributed by atoms with Gasteiger partial charge in [0.2, 0.25) is 0 Å². The van der Waals surface area contributed by atoms with Crippen LogP contribution in [0.25, 0.3) is 0 Å². The Labute approximate surface area is 111 Å². The van der Waals surface area contributed by atoms with Crippen LogP contribution in [0.5, 0.6) is 5.75 Å². The molecule has 0 saturated carbocycles. The zero-order valence-corrected chi connectivity index (χ0v) is 11.2. The molecule has 1 N–H and O–H groups in total. The molecule has 0 radical (unpaired) electrons. The average molecular weight is 264 g/mol. The second-order valence-corrected chi connectivity index (χ2v) is 4.61. The van der Waals surface area contributed by atoms with E-state index in [0.29, 0.717) is 11.4 Å². The van der Waals surface area contributed by atoms with Crippen molar-refractivity contribution >= 4 is 0 Å². The molecule has 1 aromatic carbocycles. The van der Waals surface area contributed by atoms with Gasteiger partial charge in [-0.15, -0.1) is 0 Å². The number of hydrogen-bond acceptors (Lipinski definition) is 3. The highest BCUT2D eigenvalue weighted by Gasteiger charge is 2.20. The summed E-state index contributed by atoms with van der Waals surface area (Å²) in [7, 11) is 1.47. The van der Waals surface area contributed by atoms with Crippen LogP contribution in [0.3, 0.4) is 0 Å². The molecule has 0 bridgehead atoms. The van der Waals surface area contributed by atoms with Crippen molar-refractivity contribution in [2.24, 2.45) is 0 Å². The first-order valence-corrected chi connectivity index (χ1v) is 6.07. The highest BCUT2D eigenvalue weighted by Crippen LogP contribution is 2.28. The second-order valence-electron chi connectivity index (χ2n) is 4.61. The van der Waals surface area contributed by atoms with Crippen molar-refractivity contribution in [3.63, 3.8) is 0 Å². The lowest BCUT2D eigenvalue weighted by Gasteiger charge is -2.17. The highest BCUT2D eigenvalue weighted by atomic mass is 19.1. The van der Waals surface area contributed by atoms with Gasteiger partial charge in [-0.25, -0.2) is 9.37 Å². The molecule has 1 aromatic heterocycles. The van der Waals surface area contributed by atoms with E-state index >= 15 is 0 Å². The number of aromatic nitrogens is 2. The number of imidazole rings is 1. The molecule has 19 heavy (non-hydrogen) atoms. The van der Waals surface area contributed by atoms with Crippen LogP contribution in [0.2, 0.25) is 0 Å². The zero-order valence-electron chi connectivity index (χ0n) is 11.2. The van der Waals surface area contributed by atoms with Crippen LogP contribution in [0.4, 0.5) is 4.39 Å². The summed E-state index contributed by atoms with van der Waals surface area (Å²) in [4.78, 5) is 4.01. The van der Waals surface area contributed by atoms with Crippen molar-refractivity contribution in [2.75, 3.05) is 7.11 Å². The second kappa shape index (κ2) is 5.40. The van der Waals surface area contributed by atoms with Crippen LogP contribution in [-0.2, 0) is 0 Å². The van der Waals surface area contributed by atoms with Crippen molar-refractivity contribution in [1.82, 2.24) is 9.55 Å². The monoisotopic (exact) mass is 264 g/mol. The van der Waals surface area contributed by atoms with Gasteiger partial charge >= 0.3 is 0 Å². The van der Waals surface area contributed by atoms with Crippen LogP contribution in [-0.4, -0.2) is 21.8 Å². The Bertz CT molecular complexity index is 566. The van der Waals surface area contributed by atoms with Gasteiger partial charge in [-0.1, -0.05) is 0 Å². The number of halogens is 1. The first-order chi connectivity index (χ1) is 9.04. The number of benzene rings is 1. The minimum Gasteiger partial charge on any atom is -0.497 e. The van der Waals surface area contributed by atoms with E-state index in [1.165, 1.54) is 19.2 Å². The number of nitrogens with zero attached hydrogens (tertiary/aromatic N) is 2. The summed E-state index contributed by atoms with van der Waals surface area (Å²) in [6.07, 6.45) is 2.13. The highest BCUT2D eigenvalue weighted by molar-refractivity contribution is 5.33. The normalized spacial score (nSPS) is 12.7. The molecule has 4 nitrogen and oxygen atoms in total. The Morgan fingerprint density at radius 2 is 2.11 bits per heavy atom. The van der Waals surface area contributed by atoms with E-state index in [9.17, 15) is 9.50 Å². The molecule has 1 unspecified atom stereocenters. The molecular formula is C14H17FN2O2. The lowest BCUT2D eigenvalue weighted by molar-refractivity contribution is 0.202. The van der Waals surface area contributed by atoms with E-state index in [0.717, 1.165) is 0 Å². The summed E-state index contributed by atoms with van der Waals surface area (Å²) in [5.74, 6) is -0.0748. The van der Waals surface area contributed by atoms with E-state index < -0.39 is 11.9 Å². The summed E-state index contributed by atoms with van der Waals surface area (Å²) in [5, 5.41) is 10.3. The number of aliphatic hydroxyl groups is 1. The maximum absolute atomic E-state index is 13.9. The largest absolute Gasteiger partial charge is 0.497 e. The van der Waals surface area contributed by atoms with Gasteiger partial charge in [0.05, 0.1) is 25.3 Å². The smallest absolute Gasteiger partial charge is 0.133 e. The molecule has 0 aliphatic carbocycles. The van der Waals surface area contributed by atoms with Crippen molar-refractivity contribution in [3.05, 3.63) is 47.8 Å². The van der Waals surface area contributed by atoms with Gasteiger partial charge in [0.15, 0.2) is 0 Å². The van der Waals surface area contributed by atoms with E-state index in [1.807, 2.05) is 18.4 Å². The first-order valence-electron chi connectivity index (χ1n) is 6.07. The predicted octanol–water partition coefficient (Wildman–Crippen LogP) is 2.69. The maximum Gasteiger partial charge on any atom is 0.133 e. The van der Waals surface area contributed by atoms with Crippen molar-refractivity contribution in [1.29, 1.82) is 0 Å². The lowest BCUT2D eigenvalue weighted by atomic mass is 10.1. The molecule has 5 heteroatoms. The Hall–Kier alpha value is -1.88. The third-order valence-electron chi connectivity index (χ3n) is 3.03. The van der Waals surface area contributed by atoms with Crippen LogP contribution in [0.15, 0.2) is 30.7 Å². The molecule has 1 heterocycles. The number of methoxy groups -OCH3 is 1. The van der Waals surface area contributed by atoms with Crippen LogP contribution >= 0.6 is 0 Å². The third-order valence-corrected chi connectivity index (χ3v) is 3.03. The van der Waals surface area contributed by atoms with E-state index in [1.54, 1.807) is 18.6 Å². The summed E-state index contributed by atoms with van der Waals surface area (Å²) < 4.78 is 20.7. The zero-order chi connectivity index (χ0) is 14.0. The molecule has 0 amide bonds. The molecule has 1 atom stereocenters. The minimum absolute atomic E-state index is 0.147. The molecule has 2 rings (SSSR count). The molecule has 102 valence electrons. The Morgan fingerprint density at radius 3 is 2.68 bits per heavy atom. The van der Waals surface area contributed by atoms with E-state index in [-0.39, 0.29) is 11.6 Å². The number of rotatable bonds is 4. The Balaban J connectivity index is 2.38. The number of ether oxygens (including phenoxy) is 1. The fourth-order valence-corrected chi connectivity index (χ4v) is 1.97. The summed E-state index contributed by atoms with van der Waals surface area (Å²) >= 11 is 0. The van der Waals surface area contributed by atoms with Gasteiger partial charge in [0, 0.05) is 17.7 Å². The standard InChI is InChI=1S/C14H17FN2O2/c1-9(2)17-8-16-7-13(17)14(18)11-5-4-10(19-3)6-12(11)15/h4-9,14,18H,1-3H3. The lowest BCUT2D eigenvalue weighted by Crippen LogP contribution is -2.11. The maximum atomic E-state index is 13.9. The van der Waals surface area contributed by atoms with Gasteiger partial charge < -0.3 is 14.4 Å². The quantitative estimate of drug-likeness (QED) is 0.923. The van der Waals surface area contributed by atoms with Gasteiger partial charge in [0.25, 0.3) is 0 Å². The topological polar surface area (TPSA) is 47.3 Å². The number of hydrogen-bond donors (Lipinski definition) is 1. The molecule has 0 spiro atoms. The van der Waals surface area contributed by atoms with Gasteiger partial charge in [-0.05, 0) is 26.0 Å². The SMILES string of the molecule is COc1ccc(C(O)c2cncn2C(C)C)c(F)c1. The van der Waals surface area contributed by atoms with Gasteiger partial charge in [-0.3, -0.25) is 0 Å². The van der Waals surface area contributed by atoms with Crippen LogP contribution in [0.1, 0.15) is 37.3 Å². The average Bonchev–Trinajstić information content (AvgIpc) is 2.87. The molecule has 0 fully saturated rings. The van der Waals surface area contributed by atoms with Gasteiger partial charge in [-0.2, -0.15) is 0 Å². The Kier molecular flexibility index (Phi) is 3.85. The fourth-order valence-electron chi connectivity index (χ4n) is 1.97. The van der Waals surface area contributed by atoms with Crippen molar-refractivity contribution in [3.8, 4) is 5.75 Å². The molecule has 0 saturated heterocycles. The Morgan fingerprint density at radius 1 is 1.37 bits per heavy atom. The third kappa shape index (κ3) is 2.61. The van der Waals surface area contributed by atoms with Crippen molar-refractivity contribution in [2.45, 2.75) is 26.0 Å². The summed E-state index contributed by atoms with van der Waals surface area (Å²) in [6.45, 7) is 3.95. The van der Waals surface area contributed by atoms with Crippen LogP contribution < -0.4 is 4.74 Å². The van der Waals surface area contributed by atoms with Gasteiger partial charge in [0.1, 0.15) is 17.7 Å². The minimum atomic E-state index is -1.05. The fraction of sp³-hybridized carbons (Fsp3) is 0.357. The molecule has 0 aliphatic heterocycles. The molecule has 0 aliphatic rings.